The van der Waals surface area contributed by atoms with Crippen molar-refractivity contribution in [1.82, 2.24) is 15.5 Å². The van der Waals surface area contributed by atoms with E-state index in [-0.39, 0.29) is 22.8 Å². The zero-order valence-corrected chi connectivity index (χ0v) is 17.3. The lowest BCUT2D eigenvalue weighted by atomic mass is 10.0. The number of carbonyl (C=O) groups is 2. The predicted molar refractivity (Wildman–Crippen MR) is 107 cm³/mol. The molecule has 8 heteroatoms. The highest BCUT2D eigenvalue weighted by atomic mass is 35.5. The van der Waals surface area contributed by atoms with Gasteiger partial charge in [0.05, 0.1) is 23.8 Å². The highest BCUT2D eigenvalue weighted by Crippen LogP contribution is 2.21. The zero-order valence-electron chi connectivity index (χ0n) is 15.8. The molecule has 0 aromatic heterocycles. The van der Waals surface area contributed by atoms with Crippen molar-refractivity contribution in [2.24, 2.45) is 5.92 Å². The molecule has 2 N–H and O–H groups in total. The minimum Gasteiger partial charge on any atom is -0.379 e. The third kappa shape index (κ3) is 6.96. The molecule has 0 radical (unpaired) electrons. The molecule has 2 rings (SSSR count). The molecule has 1 aromatic rings. The molecule has 1 fully saturated rings. The van der Waals surface area contributed by atoms with Crippen LogP contribution in [0, 0.1) is 5.92 Å². The fraction of sp³-hybridized carbons (Fsp3) is 0.579. The highest BCUT2D eigenvalue weighted by molar-refractivity contribution is 6.36. The first kappa shape index (κ1) is 22.0. The second kappa shape index (κ2) is 10.9. The van der Waals surface area contributed by atoms with Gasteiger partial charge >= 0.3 is 0 Å². The number of halogens is 2. The van der Waals surface area contributed by atoms with Gasteiger partial charge in [0.15, 0.2) is 0 Å². The number of nitrogens with zero attached hydrogens (tertiary/aromatic N) is 1. The number of morpholine rings is 1. The number of hydrogen-bond donors (Lipinski definition) is 2. The van der Waals surface area contributed by atoms with Crippen molar-refractivity contribution >= 4 is 35.0 Å². The van der Waals surface area contributed by atoms with Crippen molar-refractivity contribution in [2.45, 2.75) is 26.3 Å². The smallest absolute Gasteiger partial charge is 0.253 e. The number of carbonyl (C=O) groups excluding carboxylic acids is 2. The summed E-state index contributed by atoms with van der Waals surface area (Å²) in [4.78, 5) is 27.3. The Morgan fingerprint density at radius 2 is 1.93 bits per heavy atom. The van der Waals surface area contributed by atoms with Gasteiger partial charge < -0.3 is 15.4 Å². The van der Waals surface area contributed by atoms with Gasteiger partial charge in [-0.25, -0.2) is 0 Å². The predicted octanol–water partition coefficient (Wildman–Crippen LogP) is 2.59. The van der Waals surface area contributed by atoms with Gasteiger partial charge in [-0.2, -0.15) is 0 Å². The molecule has 1 aliphatic rings. The zero-order chi connectivity index (χ0) is 19.8. The maximum atomic E-state index is 12.5. The topological polar surface area (TPSA) is 70.7 Å². The van der Waals surface area contributed by atoms with E-state index in [0.29, 0.717) is 17.1 Å². The summed E-state index contributed by atoms with van der Waals surface area (Å²) >= 11 is 11.9. The van der Waals surface area contributed by atoms with Crippen molar-refractivity contribution in [3.63, 3.8) is 0 Å². The lowest BCUT2D eigenvalue weighted by Crippen LogP contribution is -2.50. The molecule has 150 valence electrons. The monoisotopic (exact) mass is 415 g/mol. The molecule has 1 atom stereocenters. The average molecular weight is 416 g/mol. The van der Waals surface area contributed by atoms with E-state index in [0.717, 1.165) is 39.3 Å². The molecule has 1 unspecified atom stereocenters. The molecular formula is C19H27Cl2N3O3. The van der Waals surface area contributed by atoms with E-state index in [1.165, 1.54) is 6.07 Å². The molecule has 1 aliphatic heterocycles. The van der Waals surface area contributed by atoms with Gasteiger partial charge in [-0.3, -0.25) is 14.5 Å². The quantitative estimate of drug-likeness (QED) is 0.640. The summed E-state index contributed by atoms with van der Waals surface area (Å²) in [5, 5.41) is 6.41. The first-order valence-electron chi connectivity index (χ1n) is 9.22. The molecule has 27 heavy (non-hydrogen) atoms. The van der Waals surface area contributed by atoms with Crippen molar-refractivity contribution in [3.8, 4) is 0 Å². The van der Waals surface area contributed by atoms with Crippen LogP contribution in [0.15, 0.2) is 18.2 Å². The normalized spacial score (nSPS) is 16.2. The Kier molecular flexibility index (Phi) is 8.83. The van der Waals surface area contributed by atoms with Gasteiger partial charge in [0.1, 0.15) is 6.04 Å². The fourth-order valence-corrected chi connectivity index (χ4v) is 3.37. The minimum atomic E-state index is -0.632. The summed E-state index contributed by atoms with van der Waals surface area (Å²) in [7, 11) is 0. The molecule has 0 aliphatic carbocycles. The fourth-order valence-electron chi connectivity index (χ4n) is 2.88. The van der Waals surface area contributed by atoms with Gasteiger partial charge in [0.25, 0.3) is 5.91 Å². The number of hydrogen-bond acceptors (Lipinski definition) is 4. The van der Waals surface area contributed by atoms with E-state index in [4.69, 9.17) is 27.9 Å². The maximum Gasteiger partial charge on any atom is 0.253 e. The van der Waals surface area contributed by atoms with Crippen LogP contribution in [0.25, 0.3) is 0 Å². The molecule has 2 amide bonds. The van der Waals surface area contributed by atoms with Crippen LogP contribution < -0.4 is 10.6 Å². The largest absolute Gasteiger partial charge is 0.379 e. The van der Waals surface area contributed by atoms with Gasteiger partial charge in [-0.1, -0.05) is 37.0 Å². The van der Waals surface area contributed by atoms with Crippen LogP contribution in [0.2, 0.25) is 10.0 Å². The second-order valence-corrected chi connectivity index (χ2v) is 7.76. The molecule has 0 spiro atoms. The van der Waals surface area contributed by atoms with E-state index in [1.807, 2.05) is 13.8 Å². The van der Waals surface area contributed by atoms with Crippen molar-refractivity contribution in [2.75, 3.05) is 39.4 Å². The lowest BCUT2D eigenvalue weighted by Gasteiger charge is -2.26. The first-order valence-corrected chi connectivity index (χ1v) is 9.98. The van der Waals surface area contributed by atoms with Crippen molar-refractivity contribution < 1.29 is 14.3 Å². The van der Waals surface area contributed by atoms with E-state index >= 15 is 0 Å². The average Bonchev–Trinajstić information content (AvgIpc) is 2.63. The van der Waals surface area contributed by atoms with Crippen LogP contribution >= 0.6 is 23.2 Å². The number of nitrogens with one attached hydrogen (secondary N) is 2. The van der Waals surface area contributed by atoms with E-state index in [1.54, 1.807) is 12.1 Å². The number of benzene rings is 1. The summed E-state index contributed by atoms with van der Waals surface area (Å²) in [5.41, 5.74) is 0.298. The molecule has 1 aromatic carbocycles. The summed E-state index contributed by atoms with van der Waals surface area (Å²) in [6.45, 7) is 8.66. The van der Waals surface area contributed by atoms with Crippen LogP contribution in [0.5, 0.6) is 0 Å². The van der Waals surface area contributed by atoms with Crippen LogP contribution in [-0.4, -0.2) is 62.1 Å². The Hall–Kier alpha value is -1.34. The van der Waals surface area contributed by atoms with Gasteiger partial charge in [0, 0.05) is 24.7 Å². The molecule has 1 heterocycles. The summed E-state index contributed by atoms with van der Waals surface area (Å²) in [6, 6.07) is 4.03. The van der Waals surface area contributed by atoms with Gasteiger partial charge in [0.2, 0.25) is 5.91 Å². The SMILES string of the molecule is CC(C)C(NC(=O)c1ccc(Cl)cc1Cl)C(=O)NCCCN1CCOCC1. The highest BCUT2D eigenvalue weighted by Gasteiger charge is 2.25. The van der Waals surface area contributed by atoms with Crippen molar-refractivity contribution in [1.29, 1.82) is 0 Å². The van der Waals surface area contributed by atoms with E-state index < -0.39 is 6.04 Å². The molecule has 6 nitrogen and oxygen atoms in total. The summed E-state index contributed by atoms with van der Waals surface area (Å²) in [5.74, 6) is -0.636. The third-order valence-electron chi connectivity index (χ3n) is 4.47. The minimum absolute atomic E-state index is 0.0562. The Bertz CT molecular complexity index is 649. The second-order valence-electron chi connectivity index (χ2n) is 6.92. The van der Waals surface area contributed by atoms with Gasteiger partial charge in [-0.15, -0.1) is 0 Å². The standard InChI is InChI=1S/C19H27Cl2N3O3/c1-13(2)17(23-18(25)15-5-4-14(20)12-16(15)21)19(26)22-6-3-7-24-8-10-27-11-9-24/h4-5,12-13,17H,3,6-11H2,1-2H3,(H,22,26)(H,23,25). The van der Waals surface area contributed by atoms with Crippen molar-refractivity contribution in [3.05, 3.63) is 33.8 Å². The van der Waals surface area contributed by atoms with Crippen LogP contribution in [0.3, 0.4) is 0 Å². The van der Waals surface area contributed by atoms with Crippen LogP contribution in [-0.2, 0) is 9.53 Å². The number of amides is 2. The lowest BCUT2D eigenvalue weighted by molar-refractivity contribution is -0.123. The molecular weight excluding hydrogens is 389 g/mol. The molecule has 0 bridgehead atoms. The first-order chi connectivity index (χ1) is 12.9. The number of ether oxygens (including phenoxy) is 1. The Morgan fingerprint density at radius 3 is 2.56 bits per heavy atom. The Morgan fingerprint density at radius 1 is 1.22 bits per heavy atom. The third-order valence-corrected chi connectivity index (χ3v) is 5.01. The Labute approximate surface area is 170 Å². The number of rotatable bonds is 8. The molecule has 0 saturated carbocycles. The summed E-state index contributed by atoms with van der Waals surface area (Å²) < 4.78 is 5.32. The van der Waals surface area contributed by atoms with Crippen LogP contribution in [0.1, 0.15) is 30.6 Å². The van der Waals surface area contributed by atoms with Crippen LogP contribution in [0.4, 0.5) is 0 Å². The maximum absolute atomic E-state index is 12.5. The summed E-state index contributed by atoms with van der Waals surface area (Å²) in [6.07, 6.45) is 0.855. The van der Waals surface area contributed by atoms with E-state index in [2.05, 4.69) is 15.5 Å². The Balaban J connectivity index is 1.83. The van der Waals surface area contributed by atoms with Gasteiger partial charge in [-0.05, 0) is 37.1 Å². The molecule has 1 saturated heterocycles. The van der Waals surface area contributed by atoms with E-state index in [9.17, 15) is 9.59 Å².